The van der Waals surface area contributed by atoms with Crippen molar-refractivity contribution >= 4 is 29.5 Å². The van der Waals surface area contributed by atoms with Crippen LogP contribution in [0.5, 0.6) is 11.5 Å². The maximum atomic E-state index is 13.3. The second-order valence-corrected chi connectivity index (χ2v) is 9.87. The Morgan fingerprint density at radius 1 is 0.800 bits per heavy atom. The van der Waals surface area contributed by atoms with E-state index in [-0.39, 0.29) is 24.3 Å². The van der Waals surface area contributed by atoms with Gasteiger partial charge in [-0.1, -0.05) is 24.3 Å². The highest BCUT2D eigenvalue weighted by atomic mass is 32.2. The van der Waals surface area contributed by atoms with Crippen LogP contribution in [-0.4, -0.2) is 90.2 Å². The molecular weight excluding hydrogens is 466 g/mol. The molecule has 0 N–H and O–H groups in total. The molecule has 8 nitrogen and oxygen atoms in total. The molecule has 9 heteroatoms. The molecule has 1 atom stereocenters. The Balaban J connectivity index is 1.16. The van der Waals surface area contributed by atoms with Crippen molar-refractivity contribution < 1.29 is 23.9 Å². The van der Waals surface area contributed by atoms with Crippen molar-refractivity contribution in [3.8, 4) is 11.5 Å². The lowest BCUT2D eigenvalue weighted by atomic mass is 10.1. The van der Waals surface area contributed by atoms with E-state index in [0.29, 0.717) is 49.0 Å². The minimum absolute atomic E-state index is 0.0694. The summed E-state index contributed by atoms with van der Waals surface area (Å²) < 4.78 is 11.5. The van der Waals surface area contributed by atoms with Crippen molar-refractivity contribution in [2.45, 2.75) is 23.8 Å². The molecule has 2 aromatic rings. The van der Waals surface area contributed by atoms with Crippen molar-refractivity contribution in [3.63, 3.8) is 0 Å². The van der Waals surface area contributed by atoms with Crippen LogP contribution in [0.3, 0.4) is 0 Å². The molecule has 0 aliphatic carbocycles. The number of para-hydroxylation sites is 2. The highest BCUT2D eigenvalue weighted by molar-refractivity contribution is 8.00. The summed E-state index contributed by atoms with van der Waals surface area (Å²) in [6.07, 6.45) is 1.44. The molecule has 3 aliphatic heterocycles. The van der Waals surface area contributed by atoms with E-state index < -0.39 is 6.10 Å². The van der Waals surface area contributed by atoms with Gasteiger partial charge in [0.2, 0.25) is 12.0 Å². The molecule has 0 saturated carbocycles. The highest BCUT2D eigenvalue weighted by Crippen LogP contribution is 2.31. The molecule has 184 valence electrons. The van der Waals surface area contributed by atoms with Gasteiger partial charge in [0, 0.05) is 44.2 Å². The number of hydrogen-bond acceptors (Lipinski definition) is 6. The average Bonchev–Trinajstić information content (AvgIpc) is 3.46. The van der Waals surface area contributed by atoms with E-state index in [1.165, 1.54) is 11.8 Å². The smallest absolute Gasteiger partial charge is 0.267 e. The normalized spacial score (nSPS) is 19.5. The van der Waals surface area contributed by atoms with Crippen LogP contribution in [0, 0.1) is 0 Å². The minimum Gasteiger partial charge on any atom is -0.485 e. The summed E-state index contributed by atoms with van der Waals surface area (Å²) in [6.45, 7) is 3.60. The van der Waals surface area contributed by atoms with E-state index in [9.17, 15) is 14.4 Å². The summed E-state index contributed by atoms with van der Waals surface area (Å²) in [7, 11) is 0. The zero-order chi connectivity index (χ0) is 24.2. The summed E-state index contributed by atoms with van der Waals surface area (Å²) in [5.74, 6) is 1.48. The first-order valence-electron chi connectivity index (χ1n) is 12.1. The topological polar surface area (TPSA) is 79.4 Å². The number of hydrogen-bond donors (Lipinski definition) is 0. The Hall–Kier alpha value is -3.20. The van der Waals surface area contributed by atoms with Crippen molar-refractivity contribution in [1.82, 2.24) is 14.7 Å². The first-order valence-corrected chi connectivity index (χ1v) is 13.0. The molecule has 5 rings (SSSR count). The van der Waals surface area contributed by atoms with Crippen LogP contribution in [0.25, 0.3) is 0 Å². The first kappa shape index (κ1) is 23.5. The van der Waals surface area contributed by atoms with Crippen molar-refractivity contribution in [2.24, 2.45) is 0 Å². The third-order valence-corrected chi connectivity index (χ3v) is 7.65. The summed E-state index contributed by atoms with van der Waals surface area (Å²) in [5.41, 5.74) is 0.604. The standard InChI is InChI=1S/C26H29N3O5S/c30-24(27-11-5-6-12-27)18-35-23-10-4-1-7-19(23)25(31)28-13-15-29(16-14-28)26(32)22-17-33-20-8-2-3-9-21(20)34-22/h1-4,7-10,22H,5-6,11-18H2. The number of piperazine rings is 1. The van der Waals surface area contributed by atoms with Crippen LogP contribution >= 0.6 is 11.8 Å². The number of likely N-dealkylation sites (tertiary alicyclic amines) is 1. The van der Waals surface area contributed by atoms with Gasteiger partial charge in [-0.05, 0) is 37.1 Å². The molecule has 3 heterocycles. The molecule has 0 bridgehead atoms. The number of ether oxygens (including phenoxy) is 2. The second-order valence-electron chi connectivity index (χ2n) is 8.85. The third-order valence-electron chi connectivity index (χ3n) is 6.59. The number of thioether (sulfide) groups is 1. The monoisotopic (exact) mass is 495 g/mol. The van der Waals surface area contributed by atoms with E-state index in [1.54, 1.807) is 15.9 Å². The Bertz CT molecular complexity index is 1100. The number of carbonyl (C=O) groups excluding carboxylic acids is 3. The fourth-order valence-corrected chi connectivity index (χ4v) is 5.56. The lowest BCUT2D eigenvalue weighted by molar-refractivity contribution is -0.142. The first-order chi connectivity index (χ1) is 17.1. The second kappa shape index (κ2) is 10.6. The van der Waals surface area contributed by atoms with Gasteiger partial charge in [0.1, 0.15) is 6.61 Å². The summed E-state index contributed by atoms with van der Waals surface area (Å²) in [5, 5.41) is 0. The average molecular weight is 496 g/mol. The summed E-state index contributed by atoms with van der Waals surface area (Å²) >= 11 is 1.42. The van der Waals surface area contributed by atoms with Gasteiger partial charge in [-0.2, -0.15) is 0 Å². The van der Waals surface area contributed by atoms with Gasteiger partial charge < -0.3 is 24.2 Å². The quantitative estimate of drug-likeness (QED) is 0.594. The number of carbonyl (C=O) groups is 3. The lowest BCUT2D eigenvalue weighted by Crippen LogP contribution is -2.55. The molecule has 0 spiro atoms. The van der Waals surface area contributed by atoms with Crippen LogP contribution in [0.15, 0.2) is 53.4 Å². The zero-order valence-corrected chi connectivity index (χ0v) is 20.4. The predicted octanol–water partition coefficient (Wildman–Crippen LogP) is 2.53. The molecule has 2 fully saturated rings. The van der Waals surface area contributed by atoms with E-state index in [1.807, 2.05) is 47.4 Å². The number of rotatable bonds is 5. The molecule has 0 radical (unpaired) electrons. The van der Waals surface area contributed by atoms with Gasteiger partial charge in [-0.15, -0.1) is 11.8 Å². The SMILES string of the molecule is O=C(CSc1ccccc1C(=O)N1CCN(C(=O)C2COc3ccccc3O2)CC1)N1CCCC1. The molecule has 3 aliphatic rings. The molecule has 3 amide bonds. The van der Waals surface area contributed by atoms with Crippen molar-refractivity contribution in [3.05, 3.63) is 54.1 Å². The molecule has 2 saturated heterocycles. The van der Waals surface area contributed by atoms with E-state index in [4.69, 9.17) is 9.47 Å². The maximum Gasteiger partial charge on any atom is 0.267 e. The fraction of sp³-hybridized carbons (Fsp3) is 0.423. The lowest BCUT2D eigenvalue weighted by Gasteiger charge is -2.37. The molecule has 35 heavy (non-hydrogen) atoms. The Morgan fingerprint density at radius 2 is 1.46 bits per heavy atom. The van der Waals surface area contributed by atoms with Crippen molar-refractivity contribution in [1.29, 1.82) is 0 Å². The zero-order valence-electron chi connectivity index (χ0n) is 19.6. The minimum atomic E-state index is -0.683. The Labute approximate surface area is 209 Å². The largest absolute Gasteiger partial charge is 0.485 e. The highest BCUT2D eigenvalue weighted by Gasteiger charge is 2.34. The van der Waals surface area contributed by atoms with Gasteiger partial charge in [-0.25, -0.2) is 0 Å². The number of amides is 3. The van der Waals surface area contributed by atoms with Gasteiger partial charge in [-0.3, -0.25) is 14.4 Å². The molecule has 0 aromatic heterocycles. The number of fused-ring (bicyclic) bond motifs is 1. The fourth-order valence-electron chi connectivity index (χ4n) is 4.61. The van der Waals surface area contributed by atoms with Crippen LogP contribution in [0.1, 0.15) is 23.2 Å². The maximum absolute atomic E-state index is 13.3. The number of nitrogens with zero attached hydrogens (tertiary/aromatic N) is 3. The summed E-state index contributed by atoms with van der Waals surface area (Å²) in [6, 6.07) is 14.8. The Morgan fingerprint density at radius 3 is 2.23 bits per heavy atom. The van der Waals surface area contributed by atoms with Crippen LogP contribution in [-0.2, 0) is 9.59 Å². The van der Waals surface area contributed by atoms with E-state index >= 15 is 0 Å². The van der Waals surface area contributed by atoms with Crippen LogP contribution < -0.4 is 9.47 Å². The van der Waals surface area contributed by atoms with E-state index in [0.717, 1.165) is 30.8 Å². The van der Waals surface area contributed by atoms with Gasteiger partial charge in [0.05, 0.1) is 11.3 Å². The Kier molecular flexibility index (Phi) is 7.13. The predicted molar refractivity (Wildman–Crippen MR) is 132 cm³/mol. The van der Waals surface area contributed by atoms with Gasteiger partial charge >= 0.3 is 0 Å². The van der Waals surface area contributed by atoms with Crippen LogP contribution in [0.2, 0.25) is 0 Å². The van der Waals surface area contributed by atoms with Gasteiger partial charge in [0.25, 0.3) is 11.8 Å². The summed E-state index contributed by atoms with van der Waals surface area (Å²) in [4.78, 5) is 45.0. The molecular formula is C26H29N3O5S. The van der Waals surface area contributed by atoms with Crippen molar-refractivity contribution in [2.75, 3.05) is 51.6 Å². The van der Waals surface area contributed by atoms with Crippen LogP contribution in [0.4, 0.5) is 0 Å². The van der Waals surface area contributed by atoms with E-state index in [2.05, 4.69) is 0 Å². The van der Waals surface area contributed by atoms with Gasteiger partial charge in [0.15, 0.2) is 11.5 Å². The third kappa shape index (κ3) is 5.24. The molecule has 1 unspecified atom stereocenters. The molecule has 2 aromatic carbocycles. The number of benzene rings is 2.